The number of rotatable bonds is 10. The van der Waals surface area contributed by atoms with Crippen molar-refractivity contribution in [3.63, 3.8) is 0 Å². The normalized spacial score (nSPS) is 18.0. The molecule has 2 aliphatic heterocycles. The third-order valence-electron chi connectivity index (χ3n) is 10.4. The van der Waals surface area contributed by atoms with Gasteiger partial charge in [0.05, 0.1) is 24.0 Å². The summed E-state index contributed by atoms with van der Waals surface area (Å²) in [6, 6.07) is 39.9. The maximum absolute atomic E-state index is 14.3. The van der Waals surface area contributed by atoms with Gasteiger partial charge in [-0.15, -0.1) is 0 Å². The lowest BCUT2D eigenvalue weighted by atomic mass is 9.99. The van der Waals surface area contributed by atoms with Gasteiger partial charge in [0, 0.05) is 22.5 Å². The Balaban J connectivity index is 1.17. The van der Waals surface area contributed by atoms with Crippen LogP contribution in [0.1, 0.15) is 55.3 Å². The standard InChI is InChI=1S/C49H40F2N2O4S2/c1-30-9-5-7-11-40(30)52-46(54)44(28-32-13-19-36(50)20-14-32)58-48(52)38-26-34(17-23-42(38)56-3)25-35-18-24-43(57-4)39(27-35)49-53(41-12-8-6-10-31(41)2)47(55)45(59-49)29-33-15-21-37(51)22-16-33/h5-24,26-29,48-49H,25H2,1-4H3/b44-28-,45-29-. The van der Waals surface area contributed by atoms with Gasteiger partial charge in [-0.1, -0.05) is 96.3 Å². The Kier molecular flexibility index (Phi) is 11.5. The van der Waals surface area contributed by atoms with E-state index in [1.54, 1.807) is 50.6 Å². The molecule has 0 saturated carbocycles. The first-order valence-electron chi connectivity index (χ1n) is 19.0. The molecule has 0 bridgehead atoms. The summed E-state index contributed by atoms with van der Waals surface area (Å²) in [6.45, 7) is 3.97. The highest BCUT2D eigenvalue weighted by Crippen LogP contribution is 2.53. The fourth-order valence-electron chi connectivity index (χ4n) is 7.46. The highest BCUT2D eigenvalue weighted by molar-refractivity contribution is 8.05. The second-order valence-corrected chi connectivity index (χ2v) is 16.6. The molecule has 0 spiro atoms. The predicted octanol–water partition coefficient (Wildman–Crippen LogP) is 11.8. The van der Waals surface area contributed by atoms with Gasteiger partial charge in [0.1, 0.15) is 33.9 Å². The maximum atomic E-state index is 14.3. The maximum Gasteiger partial charge on any atom is 0.266 e. The van der Waals surface area contributed by atoms with Crippen molar-refractivity contribution in [2.45, 2.75) is 31.0 Å². The van der Waals surface area contributed by atoms with Crippen molar-refractivity contribution in [1.82, 2.24) is 0 Å². The lowest BCUT2D eigenvalue weighted by Crippen LogP contribution is -2.28. The van der Waals surface area contributed by atoms with Crippen molar-refractivity contribution in [3.8, 4) is 11.5 Å². The van der Waals surface area contributed by atoms with Crippen LogP contribution in [0.15, 0.2) is 143 Å². The van der Waals surface area contributed by atoms with Crippen LogP contribution < -0.4 is 19.3 Å². The van der Waals surface area contributed by atoms with Crippen LogP contribution in [-0.4, -0.2) is 26.0 Å². The highest BCUT2D eigenvalue weighted by Gasteiger charge is 2.42. The number of ether oxygens (including phenoxy) is 2. The second-order valence-electron chi connectivity index (χ2n) is 14.3. The van der Waals surface area contributed by atoms with Crippen LogP contribution in [0.5, 0.6) is 11.5 Å². The summed E-state index contributed by atoms with van der Waals surface area (Å²) in [6.07, 6.45) is 4.15. The van der Waals surface area contributed by atoms with Crippen LogP contribution in [0.3, 0.4) is 0 Å². The van der Waals surface area contributed by atoms with Crippen LogP contribution in [0, 0.1) is 25.5 Å². The molecule has 2 atom stereocenters. The Labute approximate surface area is 351 Å². The van der Waals surface area contributed by atoms with Crippen LogP contribution >= 0.6 is 23.5 Å². The molecule has 59 heavy (non-hydrogen) atoms. The van der Waals surface area contributed by atoms with Gasteiger partial charge in [0.15, 0.2) is 0 Å². The number of para-hydroxylation sites is 2. The number of methoxy groups -OCH3 is 2. The third-order valence-corrected chi connectivity index (χ3v) is 12.9. The molecular formula is C49H40F2N2O4S2. The number of amides is 2. The van der Waals surface area contributed by atoms with Gasteiger partial charge < -0.3 is 9.47 Å². The van der Waals surface area contributed by atoms with Crippen molar-refractivity contribution < 1.29 is 27.8 Å². The zero-order chi connectivity index (χ0) is 41.2. The van der Waals surface area contributed by atoms with E-state index < -0.39 is 10.7 Å². The number of benzene rings is 6. The number of carbonyl (C=O) groups excluding carboxylic acids is 2. The van der Waals surface area contributed by atoms with Gasteiger partial charge in [0.2, 0.25) is 0 Å². The monoisotopic (exact) mass is 822 g/mol. The van der Waals surface area contributed by atoms with Gasteiger partial charge >= 0.3 is 0 Å². The van der Waals surface area contributed by atoms with Gasteiger partial charge in [0.25, 0.3) is 11.8 Å². The first-order chi connectivity index (χ1) is 28.6. The zero-order valence-electron chi connectivity index (χ0n) is 32.8. The summed E-state index contributed by atoms with van der Waals surface area (Å²) in [5.74, 6) is 0.300. The summed E-state index contributed by atoms with van der Waals surface area (Å²) >= 11 is 2.87. The number of hydrogen-bond donors (Lipinski definition) is 0. The minimum absolute atomic E-state index is 0.152. The fourth-order valence-corrected chi connectivity index (χ4v) is 10.0. The average molecular weight is 823 g/mol. The van der Waals surface area contributed by atoms with E-state index >= 15 is 0 Å². The summed E-state index contributed by atoms with van der Waals surface area (Å²) in [7, 11) is 3.26. The summed E-state index contributed by atoms with van der Waals surface area (Å²) in [4.78, 5) is 33.3. The van der Waals surface area contributed by atoms with E-state index in [0.717, 1.165) is 55.9 Å². The molecule has 2 unspecified atom stereocenters. The topological polar surface area (TPSA) is 59.1 Å². The van der Waals surface area contributed by atoms with Gasteiger partial charge in [-0.2, -0.15) is 0 Å². The smallest absolute Gasteiger partial charge is 0.266 e. The molecule has 0 N–H and O–H groups in total. The minimum atomic E-state index is -0.452. The number of thioether (sulfide) groups is 2. The lowest BCUT2D eigenvalue weighted by Gasteiger charge is -2.27. The van der Waals surface area contributed by atoms with Gasteiger partial charge in [-0.05, 0) is 126 Å². The third kappa shape index (κ3) is 8.15. The molecule has 10 heteroatoms. The molecule has 2 aliphatic rings. The molecule has 0 aliphatic carbocycles. The molecular weight excluding hydrogens is 783 g/mol. The Morgan fingerprint density at radius 1 is 0.559 bits per heavy atom. The quantitative estimate of drug-likeness (QED) is 0.128. The van der Waals surface area contributed by atoms with Crippen LogP contribution in [0.2, 0.25) is 0 Å². The second kappa shape index (κ2) is 17.0. The van der Waals surface area contributed by atoms with Crippen molar-refractivity contribution >= 4 is 58.9 Å². The number of carbonyl (C=O) groups is 2. The molecule has 8 rings (SSSR count). The van der Waals surface area contributed by atoms with Crippen LogP contribution in [0.25, 0.3) is 12.2 Å². The number of hydrogen-bond acceptors (Lipinski definition) is 6. The summed E-state index contributed by atoms with van der Waals surface area (Å²) in [5.41, 5.74) is 8.60. The van der Waals surface area contributed by atoms with Crippen molar-refractivity contribution in [1.29, 1.82) is 0 Å². The lowest BCUT2D eigenvalue weighted by molar-refractivity contribution is -0.115. The number of anilines is 2. The number of nitrogens with zero attached hydrogens (tertiary/aromatic N) is 2. The molecule has 296 valence electrons. The van der Waals surface area contributed by atoms with Gasteiger partial charge in [-0.3, -0.25) is 19.4 Å². The highest BCUT2D eigenvalue weighted by atomic mass is 32.2. The van der Waals surface area contributed by atoms with Crippen LogP contribution in [-0.2, 0) is 16.0 Å². The van der Waals surface area contributed by atoms with E-state index in [1.807, 2.05) is 96.4 Å². The molecule has 2 fully saturated rings. The predicted molar refractivity (Wildman–Crippen MR) is 236 cm³/mol. The molecule has 2 heterocycles. The van der Waals surface area contributed by atoms with E-state index in [-0.39, 0.29) is 23.4 Å². The average Bonchev–Trinajstić information content (AvgIpc) is 3.74. The molecule has 2 saturated heterocycles. The Bertz CT molecular complexity index is 2450. The molecule has 0 aromatic heterocycles. The number of halogens is 2. The molecule has 0 radical (unpaired) electrons. The van der Waals surface area contributed by atoms with E-state index in [9.17, 15) is 18.4 Å². The molecule has 6 nitrogen and oxygen atoms in total. The Morgan fingerprint density at radius 3 is 1.32 bits per heavy atom. The largest absolute Gasteiger partial charge is 0.496 e. The molecule has 2 amide bonds. The zero-order valence-corrected chi connectivity index (χ0v) is 34.5. The summed E-state index contributed by atoms with van der Waals surface area (Å²) < 4.78 is 39.4. The van der Waals surface area contributed by atoms with E-state index in [2.05, 4.69) is 12.1 Å². The van der Waals surface area contributed by atoms with Crippen molar-refractivity contribution in [3.05, 3.63) is 199 Å². The first kappa shape index (κ1) is 39.7. The molecule has 6 aromatic carbocycles. The Hall–Kier alpha value is -6.10. The van der Waals surface area contributed by atoms with E-state index in [4.69, 9.17) is 9.47 Å². The van der Waals surface area contributed by atoms with Gasteiger partial charge in [-0.25, -0.2) is 8.78 Å². The van der Waals surface area contributed by atoms with Crippen molar-refractivity contribution in [2.24, 2.45) is 0 Å². The fraction of sp³-hybridized carbons (Fsp3) is 0.143. The SMILES string of the molecule is COc1ccc(Cc2ccc(OC)c(C3S/C(=C\c4ccc(F)cc4)C(=O)N3c3ccccc3C)c2)cc1C1S/C(=C\c2ccc(F)cc2)C(=O)N1c1ccccc1C. The molecule has 6 aromatic rings. The van der Waals surface area contributed by atoms with E-state index in [1.165, 1.54) is 47.8 Å². The number of aryl methyl sites for hydroxylation is 2. The summed E-state index contributed by atoms with van der Waals surface area (Å²) in [5, 5.41) is -0.905. The first-order valence-corrected chi connectivity index (χ1v) is 20.8. The van der Waals surface area contributed by atoms with Crippen LogP contribution in [0.4, 0.5) is 20.2 Å². The Morgan fingerprint density at radius 2 is 0.949 bits per heavy atom. The van der Waals surface area contributed by atoms with Crippen molar-refractivity contribution in [2.75, 3.05) is 24.0 Å². The minimum Gasteiger partial charge on any atom is -0.496 e. The van der Waals surface area contributed by atoms with E-state index in [0.29, 0.717) is 27.7 Å².